The van der Waals surface area contributed by atoms with Crippen molar-refractivity contribution in [1.82, 2.24) is 14.4 Å². The molecule has 0 spiro atoms. The zero-order chi connectivity index (χ0) is 20.1. The van der Waals surface area contributed by atoms with Crippen molar-refractivity contribution < 1.29 is 17.8 Å². The van der Waals surface area contributed by atoms with Crippen LogP contribution in [0, 0.1) is 0 Å². The van der Waals surface area contributed by atoms with E-state index in [-0.39, 0.29) is 0 Å². The number of nitrogens with one attached hydrogen (secondary N) is 1. The van der Waals surface area contributed by atoms with Gasteiger partial charge in [-0.1, -0.05) is 65.8 Å². The molecular formula is C21H23N4O3S+. The van der Waals surface area contributed by atoms with Crippen molar-refractivity contribution in [1.29, 1.82) is 0 Å². The van der Waals surface area contributed by atoms with Crippen LogP contribution in [0.3, 0.4) is 0 Å². The summed E-state index contributed by atoms with van der Waals surface area (Å²) in [6.45, 7) is 2.92. The second-order valence-electron chi connectivity index (χ2n) is 6.96. The van der Waals surface area contributed by atoms with Crippen molar-refractivity contribution in [3.8, 4) is 11.4 Å². The topological polar surface area (TPSA) is 80.7 Å². The molecule has 0 amide bonds. The number of hydrogen-bond donors (Lipinski definition) is 1. The fourth-order valence-electron chi connectivity index (χ4n) is 3.29. The lowest BCUT2D eigenvalue weighted by Gasteiger charge is -2.29. The van der Waals surface area contributed by atoms with Crippen LogP contribution in [0.2, 0.25) is 0 Å². The van der Waals surface area contributed by atoms with Crippen LogP contribution < -0.4 is 4.90 Å². The van der Waals surface area contributed by atoms with E-state index in [0.29, 0.717) is 44.4 Å². The zero-order valence-electron chi connectivity index (χ0n) is 15.9. The summed E-state index contributed by atoms with van der Waals surface area (Å²) in [5, 5.41) is 5.33. The quantitative estimate of drug-likeness (QED) is 0.664. The van der Waals surface area contributed by atoms with Gasteiger partial charge in [-0.15, -0.1) is 0 Å². The average molecular weight is 412 g/mol. The summed E-state index contributed by atoms with van der Waals surface area (Å²) in [5.74, 6) is 1.14. The van der Waals surface area contributed by atoms with E-state index in [9.17, 15) is 8.42 Å². The molecule has 1 N–H and O–H groups in total. The van der Waals surface area contributed by atoms with Crippen molar-refractivity contribution in [2.75, 3.05) is 26.2 Å². The molecule has 2 heterocycles. The molecule has 3 aromatic rings. The van der Waals surface area contributed by atoms with E-state index >= 15 is 0 Å². The number of quaternary nitrogens is 1. The second kappa shape index (κ2) is 8.69. The van der Waals surface area contributed by atoms with E-state index in [0.717, 1.165) is 11.1 Å². The van der Waals surface area contributed by atoms with E-state index in [1.54, 1.807) is 6.08 Å². The molecular weight excluding hydrogens is 388 g/mol. The minimum atomic E-state index is -3.42. The number of hydrogen-bond acceptors (Lipinski definition) is 5. The maximum Gasteiger partial charge on any atom is 0.282 e. The Bertz CT molecular complexity index is 1060. The van der Waals surface area contributed by atoms with Crippen LogP contribution in [-0.2, 0) is 16.6 Å². The standard InChI is InChI=1S/C21H22N4O3S/c26-29(27,16-11-18-7-3-1-4-8-18)25-14-12-24(13-15-25)17-20-22-21(23-28-20)19-9-5-2-6-10-19/h1-11,16H,12-15,17H2/p+1/b16-11+. The molecule has 1 aliphatic rings. The second-order valence-corrected chi connectivity index (χ2v) is 8.78. The Labute approximate surface area is 170 Å². The van der Waals surface area contributed by atoms with Crippen LogP contribution in [0.15, 0.2) is 70.6 Å². The third-order valence-electron chi connectivity index (χ3n) is 4.92. The monoisotopic (exact) mass is 411 g/mol. The van der Waals surface area contributed by atoms with E-state index in [1.807, 2.05) is 60.7 Å². The van der Waals surface area contributed by atoms with Gasteiger partial charge in [-0.2, -0.15) is 9.29 Å². The largest absolute Gasteiger partial charge is 0.333 e. The maximum absolute atomic E-state index is 12.6. The Morgan fingerprint density at radius 1 is 1.00 bits per heavy atom. The van der Waals surface area contributed by atoms with Gasteiger partial charge in [0.05, 0.1) is 26.2 Å². The third kappa shape index (κ3) is 4.97. The SMILES string of the molecule is O=S(=O)(/C=C/c1ccccc1)N1CC[NH+](Cc2nc(-c3ccccc3)no2)CC1. The molecule has 1 fully saturated rings. The fourth-order valence-corrected chi connectivity index (χ4v) is 4.49. The summed E-state index contributed by atoms with van der Waals surface area (Å²) in [7, 11) is -3.42. The van der Waals surface area contributed by atoms with E-state index in [1.165, 1.54) is 14.6 Å². The minimum absolute atomic E-state index is 0.469. The molecule has 0 saturated carbocycles. The molecule has 1 aliphatic heterocycles. The highest BCUT2D eigenvalue weighted by Crippen LogP contribution is 2.14. The van der Waals surface area contributed by atoms with E-state index in [2.05, 4.69) is 10.1 Å². The number of rotatable bonds is 6. The molecule has 1 saturated heterocycles. The Hall–Kier alpha value is -2.81. The maximum atomic E-state index is 12.6. The highest BCUT2D eigenvalue weighted by Gasteiger charge is 2.28. The molecule has 1 aromatic heterocycles. The molecule has 0 unspecified atom stereocenters. The van der Waals surface area contributed by atoms with Crippen LogP contribution >= 0.6 is 0 Å². The molecule has 0 bridgehead atoms. The number of aromatic nitrogens is 2. The fraction of sp³-hybridized carbons (Fsp3) is 0.238. The Balaban J connectivity index is 1.33. The zero-order valence-corrected chi connectivity index (χ0v) is 16.8. The minimum Gasteiger partial charge on any atom is -0.333 e. The van der Waals surface area contributed by atoms with Crippen molar-refractivity contribution in [2.45, 2.75) is 6.54 Å². The average Bonchev–Trinajstić information content (AvgIpc) is 3.23. The molecule has 0 aliphatic carbocycles. The van der Waals surface area contributed by atoms with Crippen LogP contribution in [0.25, 0.3) is 17.5 Å². The van der Waals surface area contributed by atoms with Gasteiger partial charge < -0.3 is 9.42 Å². The lowest BCUT2D eigenvalue weighted by molar-refractivity contribution is -0.918. The van der Waals surface area contributed by atoms with Crippen molar-refractivity contribution >= 4 is 16.1 Å². The van der Waals surface area contributed by atoms with Gasteiger partial charge in [0, 0.05) is 11.0 Å². The first kappa shape index (κ1) is 19.5. The van der Waals surface area contributed by atoms with E-state index < -0.39 is 10.0 Å². The summed E-state index contributed by atoms with van der Waals surface area (Å²) in [5.41, 5.74) is 1.78. The van der Waals surface area contributed by atoms with Gasteiger partial charge in [0.15, 0.2) is 6.54 Å². The molecule has 0 atom stereocenters. The molecule has 8 heteroatoms. The van der Waals surface area contributed by atoms with Gasteiger partial charge in [-0.05, 0) is 11.6 Å². The molecule has 29 heavy (non-hydrogen) atoms. The number of sulfonamides is 1. The first-order valence-electron chi connectivity index (χ1n) is 9.55. The van der Waals surface area contributed by atoms with Gasteiger partial charge in [0.1, 0.15) is 0 Å². The number of benzene rings is 2. The lowest BCUT2D eigenvalue weighted by atomic mass is 10.2. The van der Waals surface area contributed by atoms with Crippen molar-refractivity contribution in [2.24, 2.45) is 0 Å². The smallest absolute Gasteiger partial charge is 0.282 e. The van der Waals surface area contributed by atoms with Gasteiger partial charge in [0.2, 0.25) is 15.8 Å². The normalized spacial score (nSPS) is 16.4. The Morgan fingerprint density at radius 2 is 1.66 bits per heavy atom. The van der Waals surface area contributed by atoms with Crippen LogP contribution in [0.5, 0.6) is 0 Å². The molecule has 150 valence electrons. The summed E-state index contributed by atoms with van der Waals surface area (Å²) in [6, 6.07) is 19.1. The van der Waals surface area contributed by atoms with Crippen LogP contribution in [-0.4, -0.2) is 49.0 Å². The first-order chi connectivity index (χ1) is 14.1. The molecule has 0 radical (unpaired) electrons. The number of nitrogens with zero attached hydrogens (tertiary/aromatic N) is 3. The summed E-state index contributed by atoms with van der Waals surface area (Å²) in [6.07, 6.45) is 1.64. The van der Waals surface area contributed by atoms with Gasteiger partial charge in [-0.3, -0.25) is 0 Å². The lowest BCUT2D eigenvalue weighted by Crippen LogP contribution is -3.13. The van der Waals surface area contributed by atoms with E-state index in [4.69, 9.17) is 4.52 Å². The summed E-state index contributed by atoms with van der Waals surface area (Å²) in [4.78, 5) is 5.69. The Kier molecular flexibility index (Phi) is 5.84. The predicted octanol–water partition coefficient (Wildman–Crippen LogP) is 1.44. The predicted molar refractivity (Wildman–Crippen MR) is 110 cm³/mol. The Morgan fingerprint density at radius 3 is 2.34 bits per heavy atom. The molecule has 2 aromatic carbocycles. The first-order valence-corrected chi connectivity index (χ1v) is 11.1. The third-order valence-corrected chi connectivity index (χ3v) is 6.49. The summed E-state index contributed by atoms with van der Waals surface area (Å²) >= 11 is 0. The van der Waals surface area contributed by atoms with Gasteiger partial charge in [0.25, 0.3) is 5.89 Å². The van der Waals surface area contributed by atoms with Crippen molar-refractivity contribution in [3.63, 3.8) is 0 Å². The van der Waals surface area contributed by atoms with Gasteiger partial charge >= 0.3 is 0 Å². The van der Waals surface area contributed by atoms with Crippen molar-refractivity contribution in [3.05, 3.63) is 77.5 Å². The van der Waals surface area contributed by atoms with Crippen LogP contribution in [0.1, 0.15) is 11.5 Å². The summed E-state index contributed by atoms with van der Waals surface area (Å²) < 4.78 is 32.1. The van der Waals surface area contributed by atoms with Crippen LogP contribution in [0.4, 0.5) is 0 Å². The highest BCUT2D eigenvalue weighted by atomic mass is 32.2. The van der Waals surface area contributed by atoms with Gasteiger partial charge in [-0.25, -0.2) is 8.42 Å². The molecule has 7 nitrogen and oxygen atoms in total. The molecule has 4 rings (SSSR count). The highest BCUT2D eigenvalue weighted by molar-refractivity contribution is 7.92. The number of piperazine rings is 1.